The van der Waals surface area contributed by atoms with Gasteiger partial charge < -0.3 is 4.74 Å². The van der Waals surface area contributed by atoms with E-state index in [0.717, 1.165) is 33.7 Å². The van der Waals surface area contributed by atoms with E-state index in [-0.39, 0.29) is 0 Å². The molecule has 0 unspecified atom stereocenters. The Morgan fingerprint density at radius 1 is 0.960 bits per heavy atom. The molecule has 0 saturated carbocycles. The maximum Gasteiger partial charge on any atom is 0.253 e. The first-order valence-corrected chi connectivity index (χ1v) is 7.96. The molecule has 0 aliphatic carbocycles. The summed E-state index contributed by atoms with van der Waals surface area (Å²) in [4.78, 5) is 13.5. The summed E-state index contributed by atoms with van der Waals surface area (Å²) in [6, 6.07) is 11.8. The van der Waals surface area contributed by atoms with Crippen LogP contribution in [0.3, 0.4) is 0 Å². The van der Waals surface area contributed by atoms with Gasteiger partial charge in [0.2, 0.25) is 0 Å². The van der Waals surface area contributed by atoms with Crippen molar-refractivity contribution in [1.82, 2.24) is 24.6 Å². The molecule has 6 heteroatoms. The number of aromatic nitrogens is 5. The fourth-order valence-corrected chi connectivity index (χ4v) is 2.75. The Bertz CT molecular complexity index is 1110. The van der Waals surface area contributed by atoms with E-state index >= 15 is 0 Å². The Morgan fingerprint density at radius 3 is 2.68 bits per heavy atom. The molecule has 0 amide bonds. The van der Waals surface area contributed by atoms with Gasteiger partial charge in [-0.25, -0.2) is 14.5 Å². The van der Waals surface area contributed by atoms with Gasteiger partial charge in [-0.2, -0.15) is 4.98 Å². The van der Waals surface area contributed by atoms with Crippen molar-refractivity contribution in [1.29, 1.82) is 0 Å². The first-order chi connectivity index (χ1) is 12.1. The lowest BCUT2D eigenvalue weighted by Crippen LogP contribution is -1.97. The van der Waals surface area contributed by atoms with Gasteiger partial charge in [0.1, 0.15) is 5.75 Å². The quantitative estimate of drug-likeness (QED) is 0.575. The zero-order valence-corrected chi connectivity index (χ0v) is 14.3. The fourth-order valence-electron chi connectivity index (χ4n) is 2.75. The van der Waals surface area contributed by atoms with E-state index in [1.165, 1.54) is 0 Å². The molecule has 0 N–H and O–H groups in total. The van der Waals surface area contributed by atoms with E-state index in [9.17, 15) is 0 Å². The highest BCUT2D eigenvalue weighted by molar-refractivity contribution is 5.82. The van der Waals surface area contributed by atoms with Gasteiger partial charge in [-0.3, -0.25) is 0 Å². The molecule has 4 rings (SSSR count). The minimum Gasteiger partial charge on any atom is -0.497 e. The van der Waals surface area contributed by atoms with Gasteiger partial charge in [0.25, 0.3) is 5.78 Å². The Kier molecular flexibility index (Phi) is 3.65. The lowest BCUT2D eigenvalue weighted by molar-refractivity contribution is 0.415. The van der Waals surface area contributed by atoms with Crippen molar-refractivity contribution in [3.63, 3.8) is 0 Å². The standard InChI is InChI=1S/C19H17N5O/c1-12-10-13(2)24-19(20-12)22-18(23-24)9-6-15-5-4-14-11-16(25-3)7-8-17(14)21-15/h4-11H,1-3H3. The summed E-state index contributed by atoms with van der Waals surface area (Å²) in [5.41, 5.74) is 3.70. The van der Waals surface area contributed by atoms with Crippen molar-refractivity contribution in [2.24, 2.45) is 0 Å². The molecule has 3 aromatic heterocycles. The highest BCUT2D eigenvalue weighted by Gasteiger charge is 2.05. The van der Waals surface area contributed by atoms with Crippen LogP contribution >= 0.6 is 0 Å². The monoisotopic (exact) mass is 331 g/mol. The van der Waals surface area contributed by atoms with Crippen LogP contribution in [-0.4, -0.2) is 31.7 Å². The second-order valence-electron chi connectivity index (χ2n) is 5.85. The summed E-state index contributed by atoms with van der Waals surface area (Å²) in [7, 11) is 1.66. The molecule has 3 heterocycles. The summed E-state index contributed by atoms with van der Waals surface area (Å²) in [6.07, 6.45) is 3.75. The molecule has 0 aliphatic rings. The summed E-state index contributed by atoms with van der Waals surface area (Å²) in [6.45, 7) is 3.94. The number of aryl methyl sites for hydroxylation is 2. The van der Waals surface area contributed by atoms with Crippen molar-refractivity contribution >= 4 is 28.8 Å². The number of hydrogen-bond donors (Lipinski definition) is 0. The van der Waals surface area contributed by atoms with Gasteiger partial charge in [0.15, 0.2) is 5.82 Å². The number of hydrogen-bond acceptors (Lipinski definition) is 5. The third-order valence-corrected chi connectivity index (χ3v) is 3.96. The third kappa shape index (κ3) is 2.94. The number of pyridine rings is 1. The van der Waals surface area contributed by atoms with Crippen LogP contribution in [0.1, 0.15) is 22.9 Å². The summed E-state index contributed by atoms with van der Waals surface area (Å²) in [5.74, 6) is 2.04. The fraction of sp³-hybridized carbons (Fsp3) is 0.158. The lowest BCUT2D eigenvalue weighted by Gasteiger charge is -2.02. The molecule has 124 valence electrons. The predicted octanol–water partition coefficient (Wildman–Crippen LogP) is 3.47. The van der Waals surface area contributed by atoms with Crippen LogP contribution in [0.15, 0.2) is 36.4 Å². The van der Waals surface area contributed by atoms with Gasteiger partial charge in [0, 0.05) is 16.8 Å². The molecular formula is C19H17N5O. The van der Waals surface area contributed by atoms with E-state index in [0.29, 0.717) is 11.6 Å². The molecule has 1 aromatic carbocycles. The maximum atomic E-state index is 5.24. The highest BCUT2D eigenvalue weighted by atomic mass is 16.5. The largest absolute Gasteiger partial charge is 0.497 e. The lowest BCUT2D eigenvalue weighted by atomic mass is 10.2. The van der Waals surface area contributed by atoms with Crippen molar-refractivity contribution in [2.45, 2.75) is 13.8 Å². The van der Waals surface area contributed by atoms with E-state index < -0.39 is 0 Å². The average molecular weight is 331 g/mol. The van der Waals surface area contributed by atoms with Gasteiger partial charge in [0.05, 0.1) is 18.3 Å². The highest BCUT2D eigenvalue weighted by Crippen LogP contribution is 2.20. The van der Waals surface area contributed by atoms with Crippen LogP contribution in [0, 0.1) is 13.8 Å². The Balaban J connectivity index is 1.67. The van der Waals surface area contributed by atoms with Crippen LogP contribution < -0.4 is 4.74 Å². The number of benzene rings is 1. The topological polar surface area (TPSA) is 65.2 Å². The molecule has 0 bridgehead atoms. The van der Waals surface area contributed by atoms with Gasteiger partial charge in [-0.15, -0.1) is 5.10 Å². The second-order valence-corrected chi connectivity index (χ2v) is 5.85. The smallest absolute Gasteiger partial charge is 0.253 e. The zero-order chi connectivity index (χ0) is 17.4. The molecular weight excluding hydrogens is 314 g/mol. The maximum absolute atomic E-state index is 5.24. The van der Waals surface area contributed by atoms with Crippen LogP contribution in [0.4, 0.5) is 0 Å². The summed E-state index contributed by atoms with van der Waals surface area (Å²) in [5, 5.41) is 5.50. The Morgan fingerprint density at radius 2 is 1.84 bits per heavy atom. The average Bonchev–Trinajstić information content (AvgIpc) is 3.02. The molecule has 0 aliphatic heterocycles. The first-order valence-electron chi connectivity index (χ1n) is 7.96. The van der Waals surface area contributed by atoms with E-state index in [2.05, 4.69) is 20.1 Å². The molecule has 0 spiro atoms. The number of rotatable bonds is 3. The second kappa shape index (κ2) is 5.98. The van der Waals surface area contributed by atoms with Gasteiger partial charge >= 0.3 is 0 Å². The summed E-state index contributed by atoms with van der Waals surface area (Å²) < 4.78 is 6.98. The molecule has 6 nitrogen and oxygen atoms in total. The van der Waals surface area contributed by atoms with Gasteiger partial charge in [-0.05, 0) is 56.3 Å². The molecule has 0 fully saturated rings. The number of ether oxygens (including phenoxy) is 1. The van der Waals surface area contributed by atoms with Crippen LogP contribution in [0.5, 0.6) is 5.75 Å². The van der Waals surface area contributed by atoms with E-state index in [1.54, 1.807) is 11.6 Å². The minimum absolute atomic E-state index is 0.607. The van der Waals surface area contributed by atoms with Crippen LogP contribution in [0.25, 0.3) is 28.8 Å². The first kappa shape index (κ1) is 15.3. The molecule has 4 aromatic rings. The number of fused-ring (bicyclic) bond motifs is 2. The molecule has 25 heavy (non-hydrogen) atoms. The Hall–Kier alpha value is -3.28. The zero-order valence-electron chi connectivity index (χ0n) is 14.3. The summed E-state index contributed by atoms with van der Waals surface area (Å²) >= 11 is 0. The van der Waals surface area contributed by atoms with Crippen molar-refractivity contribution in [2.75, 3.05) is 7.11 Å². The minimum atomic E-state index is 0.607. The normalized spacial score (nSPS) is 11.6. The predicted molar refractivity (Wildman–Crippen MR) is 97.5 cm³/mol. The molecule has 0 radical (unpaired) electrons. The SMILES string of the molecule is COc1ccc2nc(C=Cc3nc4nc(C)cc(C)n4n3)ccc2c1. The number of nitrogens with zero attached hydrogens (tertiary/aromatic N) is 5. The third-order valence-electron chi connectivity index (χ3n) is 3.96. The van der Waals surface area contributed by atoms with Crippen molar-refractivity contribution in [3.8, 4) is 5.75 Å². The van der Waals surface area contributed by atoms with Crippen molar-refractivity contribution < 1.29 is 4.74 Å². The molecule has 0 atom stereocenters. The van der Waals surface area contributed by atoms with Gasteiger partial charge in [-0.1, -0.05) is 6.07 Å². The van der Waals surface area contributed by atoms with Crippen molar-refractivity contribution in [3.05, 3.63) is 59.3 Å². The van der Waals surface area contributed by atoms with E-state index in [1.807, 2.05) is 62.4 Å². The van der Waals surface area contributed by atoms with Crippen LogP contribution in [-0.2, 0) is 0 Å². The van der Waals surface area contributed by atoms with E-state index in [4.69, 9.17) is 4.74 Å². The van der Waals surface area contributed by atoms with Crippen LogP contribution in [0.2, 0.25) is 0 Å². The number of methoxy groups -OCH3 is 1. The Labute approximate surface area is 144 Å². The molecule has 0 saturated heterocycles.